The molecular formula is C48H88O15. The van der Waals surface area contributed by atoms with Crippen molar-refractivity contribution in [3.8, 4) is 0 Å². The standard InChI is InChI=1S/C48H88O15/c1-3-5-7-9-11-13-15-17-18-19-21-23-25-27-29-31-40(51)61-36(33-58-39(50)30-28-26-24-22-20-16-14-12-10-8-6-4-2)34-59-47-46(57)44(55)42(53)38(63-47)35-60-48-45(56)43(54)41(52)37(32-49)62-48/h21,23,36-38,41-49,52-57H,3-20,22,24-35H2,1-2H3/b23-21+/t36-,37-,38-,41+,42+,43?,44?,45?,46?,47-,48-/m1/s1. The molecule has 2 heterocycles. The summed E-state index contributed by atoms with van der Waals surface area (Å²) in [5, 5.41) is 71.9. The van der Waals surface area contributed by atoms with E-state index in [1.807, 2.05) is 0 Å². The number of hydrogen-bond acceptors (Lipinski definition) is 15. The summed E-state index contributed by atoms with van der Waals surface area (Å²) in [6.45, 7) is 2.57. The van der Waals surface area contributed by atoms with Crippen LogP contribution in [0.2, 0.25) is 0 Å². The minimum atomic E-state index is -1.76. The highest BCUT2D eigenvalue weighted by Crippen LogP contribution is 2.26. The largest absolute Gasteiger partial charge is 0.462 e. The Morgan fingerprint density at radius 3 is 1.43 bits per heavy atom. The van der Waals surface area contributed by atoms with Crippen molar-refractivity contribution in [3.05, 3.63) is 12.2 Å². The van der Waals surface area contributed by atoms with Crippen molar-refractivity contribution >= 4 is 11.9 Å². The van der Waals surface area contributed by atoms with Crippen LogP contribution in [0.3, 0.4) is 0 Å². The lowest BCUT2D eigenvalue weighted by Gasteiger charge is -2.42. The molecule has 0 aromatic heterocycles. The van der Waals surface area contributed by atoms with Gasteiger partial charge in [0.15, 0.2) is 18.7 Å². The molecule has 0 aliphatic carbocycles. The van der Waals surface area contributed by atoms with Crippen LogP contribution in [0.25, 0.3) is 0 Å². The molecule has 370 valence electrons. The van der Waals surface area contributed by atoms with Gasteiger partial charge in [0.1, 0.15) is 55.4 Å². The summed E-state index contributed by atoms with van der Waals surface area (Å²) >= 11 is 0. The van der Waals surface area contributed by atoms with E-state index in [-0.39, 0.29) is 26.1 Å². The second-order valence-electron chi connectivity index (χ2n) is 17.6. The Balaban J connectivity index is 1.84. The third-order valence-corrected chi connectivity index (χ3v) is 12.0. The predicted octanol–water partition coefficient (Wildman–Crippen LogP) is 6.21. The molecule has 2 fully saturated rings. The molecular weight excluding hydrogens is 817 g/mol. The van der Waals surface area contributed by atoms with Gasteiger partial charge in [-0.15, -0.1) is 0 Å². The number of carbonyl (C=O) groups is 2. The molecule has 63 heavy (non-hydrogen) atoms. The summed E-state index contributed by atoms with van der Waals surface area (Å²) in [6.07, 6.45) is 16.8. The smallest absolute Gasteiger partial charge is 0.306 e. The lowest BCUT2D eigenvalue weighted by atomic mass is 9.98. The summed E-state index contributed by atoms with van der Waals surface area (Å²) in [7, 11) is 0. The molecule has 0 saturated carbocycles. The van der Waals surface area contributed by atoms with Crippen molar-refractivity contribution in [1.82, 2.24) is 0 Å². The topological polar surface area (TPSA) is 231 Å². The van der Waals surface area contributed by atoms with Crippen molar-refractivity contribution < 1.29 is 73.8 Å². The third kappa shape index (κ3) is 25.1. The third-order valence-electron chi connectivity index (χ3n) is 12.0. The predicted molar refractivity (Wildman–Crippen MR) is 238 cm³/mol. The first kappa shape index (κ1) is 57.4. The van der Waals surface area contributed by atoms with Crippen molar-refractivity contribution in [1.29, 1.82) is 0 Å². The van der Waals surface area contributed by atoms with E-state index in [1.54, 1.807) is 0 Å². The fourth-order valence-electron chi connectivity index (χ4n) is 7.86. The van der Waals surface area contributed by atoms with Gasteiger partial charge in [0.05, 0.1) is 19.8 Å². The fourth-order valence-corrected chi connectivity index (χ4v) is 7.86. The van der Waals surface area contributed by atoms with Crippen LogP contribution in [0.1, 0.15) is 187 Å². The molecule has 2 saturated heterocycles. The second kappa shape index (κ2) is 36.4. The van der Waals surface area contributed by atoms with Crippen molar-refractivity contribution in [3.63, 3.8) is 0 Å². The zero-order chi connectivity index (χ0) is 46.1. The van der Waals surface area contributed by atoms with Crippen LogP contribution < -0.4 is 0 Å². The van der Waals surface area contributed by atoms with Gasteiger partial charge >= 0.3 is 11.9 Å². The maximum atomic E-state index is 13.0. The Labute approximate surface area is 378 Å². The van der Waals surface area contributed by atoms with Gasteiger partial charge < -0.3 is 64.2 Å². The number of aliphatic hydroxyl groups excluding tert-OH is 7. The van der Waals surface area contributed by atoms with Gasteiger partial charge in [-0.1, -0.05) is 148 Å². The van der Waals surface area contributed by atoms with E-state index in [9.17, 15) is 45.3 Å². The van der Waals surface area contributed by atoms with E-state index < -0.39 is 92.7 Å². The Hall–Kier alpha value is -1.76. The van der Waals surface area contributed by atoms with Gasteiger partial charge in [-0.2, -0.15) is 0 Å². The molecule has 15 nitrogen and oxygen atoms in total. The van der Waals surface area contributed by atoms with E-state index in [0.717, 1.165) is 38.5 Å². The van der Waals surface area contributed by atoms with Crippen LogP contribution in [0.4, 0.5) is 0 Å². The van der Waals surface area contributed by atoms with Gasteiger partial charge in [-0.25, -0.2) is 0 Å². The van der Waals surface area contributed by atoms with Gasteiger partial charge in [0.25, 0.3) is 0 Å². The molecule has 0 bridgehead atoms. The molecule has 2 aliphatic rings. The number of carbonyl (C=O) groups excluding carboxylic acids is 2. The highest BCUT2D eigenvalue weighted by atomic mass is 16.7. The lowest BCUT2D eigenvalue weighted by molar-refractivity contribution is -0.332. The average molecular weight is 905 g/mol. The number of unbranched alkanes of at least 4 members (excludes halogenated alkanes) is 22. The normalized spacial score (nSPS) is 26.9. The first-order valence-electron chi connectivity index (χ1n) is 24.8. The lowest BCUT2D eigenvalue weighted by Crippen LogP contribution is -2.61. The number of ether oxygens (including phenoxy) is 6. The Morgan fingerprint density at radius 1 is 0.492 bits per heavy atom. The van der Waals surface area contributed by atoms with Crippen LogP contribution in [0.15, 0.2) is 12.2 Å². The maximum absolute atomic E-state index is 13.0. The first-order valence-corrected chi connectivity index (χ1v) is 24.8. The van der Waals surface area contributed by atoms with Crippen molar-refractivity contribution in [2.45, 2.75) is 255 Å². The van der Waals surface area contributed by atoms with Crippen molar-refractivity contribution in [2.24, 2.45) is 0 Å². The van der Waals surface area contributed by atoms with E-state index in [0.29, 0.717) is 12.8 Å². The zero-order valence-electron chi connectivity index (χ0n) is 38.8. The van der Waals surface area contributed by atoms with E-state index >= 15 is 0 Å². The molecule has 0 spiro atoms. The maximum Gasteiger partial charge on any atom is 0.306 e. The van der Waals surface area contributed by atoms with Crippen LogP contribution in [-0.2, 0) is 38.0 Å². The molecule has 0 radical (unpaired) electrons. The number of rotatable bonds is 38. The molecule has 0 aromatic rings. The Morgan fingerprint density at radius 2 is 0.905 bits per heavy atom. The SMILES string of the molecule is CCCCCCCCCCC/C=C/CCCCC(=O)O[C@H](COC(=O)CCCCCCCCCCCCCC)CO[C@@H]1O[C@H](CO[C@@H]2O[C@H](CO)[C@H](O)C(O)C2O)[C@H](O)C(O)C1O. The molecule has 4 unspecified atom stereocenters. The summed E-state index contributed by atoms with van der Waals surface area (Å²) in [5.74, 6) is -0.944. The summed E-state index contributed by atoms with van der Waals surface area (Å²) in [6, 6.07) is 0. The van der Waals surface area contributed by atoms with Gasteiger partial charge in [0.2, 0.25) is 0 Å². The average Bonchev–Trinajstić information content (AvgIpc) is 3.28. The molecule has 0 aromatic carbocycles. The molecule has 11 atom stereocenters. The molecule has 2 rings (SSSR count). The van der Waals surface area contributed by atoms with E-state index in [2.05, 4.69) is 26.0 Å². The summed E-state index contributed by atoms with van der Waals surface area (Å²) < 4.78 is 33.5. The minimum absolute atomic E-state index is 0.139. The highest BCUT2D eigenvalue weighted by Gasteiger charge is 2.47. The number of allylic oxidation sites excluding steroid dienone is 2. The molecule has 0 amide bonds. The van der Waals surface area contributed by atoms with Crippen molar-refractivity contribution in [2.75, 3.05) is 26.4 Å². The Bertz CT molecular complexity index is 1160. The van der Waals surface area contributed by atoms with Crippen LogP contribution >= 0.6 is 0 Å². The van der Waals surface area contributed by atoms with E-state index in [4.69, 9.17) is 28.4 Å². The van der Waals surface area contributed by atoms with Gasteiger partial charge in [-0.3, -0.25) is 9.59 Å². The number of esters is 2. The fraction of sp³-hybridized carbons (Fsp3) is 0.917. The number of hydrogen-bond donors (Lipinski definition) is 7. The summed E-state index contributed by atoms with van der Waals surface area (Å²) in [5.41, 5.74) is 0. The van der Waals surface area contributed by atoms with Gasteiger partial charge in [0, 0.05) is 12.8 Å². The van der Waals surface area contributed by atoms with Crippen LogP contribution in [0.5, 0.6) is 0 Å². The quantitative estimate of drug-likeness (QED) is 0.0208. The second-order valence-corrected chi connectivity index (χ2v) is 17.6. The minimum Gasteiger partial charge on any atom is -0.462 e. The van der Waals surface area contributed by atoms with Crippen LogP contribution in [0, 0.1) is 0 Å². The highest BCUT2D eigenvalue weighted by molar-refractivity contribution is 5.70. The first-order chi connectivity index (χ1) is 30.5. The van der Waals surface area contributed by atoms with Crippen LogP contribution in [-0.4, -0.2) is 142 Å². The summed E-state index contributed by atoms with van der Waals surface area (Å²) in [4.78, 5) is 25.7. The molecule has 7 N–H and O–H groups in total. The molecule has 15 heteroatoms. The molecule has 2 aliphatic heterocycles. The monoisotopic (exact) mass is 905 g/mol. The van der Waals surface area contributed by atoms with E-state index in [1.165, 1.54) is 109 Å². The number of aliphatic hydroxyl groups is 7. The zero-order valence-corrected chi connectivity index (χ0v) is 38.8. The van der Waals surface area contributed by atoms with Gasteiger partial charge in [-0.05, 0) is 38.5 Å². The Kier molecular flexibility index (Phi) is 33.1.